The van der Waals surface area contributed by atoms with Crippen LogP contribution in [0.4, 0.5) is 0 Å². The van der Waals surface area contributed by atoms with Crippen molar-refractivity contribution in [2.75, 3.05) is 18.1 Å². The molecule has 2 atom stereocenters. The van der Waals surface area contributed by atoms with Crippen LogP contribution in [0, 0.1) is 0 Å². The van der Waals surface area contributed by atoms with E-state index < -0.39 is 6.10 Å². The van der Waals surface area contributed by atoms with Gasteiger partial charge in [-0.2, -0.15) is 11.8 Å². The standard InChI is InChI=1S/C9H17NO2S/c1-7-3-5-13-6-4-10(7)9(12)8(2)11/h7-8,11H,3-6H2,1-2H3/t7?,8-/m1/s1. The van der Waals surface area contributed by atoms with Gasteiger partial charge < -0.3 is 10.0 Å². The van der Waals surface area contributed by atoms with Crippen LogP contribution in [0.3, 0.4) is 0 Å². The first-order valence-corrected chi connectivity index (χ1v) is 5.84. The largest absolute Gasteiger partial charge is 0.384 e. The maximum atomic E-state index is 11.5. The Bertz CT molecular complexity index is 184. The van der Waals surface area contributed by atoms with E-state index in [0.29, 0.717) is 0 Å². The van der Waals surface area contributed by atoms with Crippen LogP contribution >= 0.6 is 11.8 Å². The highest BCUT2D eigenvalue weighted by Crippen LogP contribution is 2.16. The molecule has 1 rings (SSSR count). The van der Waals surface area contributed by atoms with Gasteiger partial charge in [-0.3, -0.25) is 4.79 Å². The van der Waals surface area contributed by atoms with Crippen molar-refractivity contribution in [2.45, 2.75) is 32.4 Å². The lowest BCUT2D eigenvalue weighted by Gasteiger charge is -2.27. The van der Waals surface area contributed by atoms with E-state index in [1.165, 1.54) is 6.92 Å². The molecule has 0 spiro atoms. The van der Waals surface area contributed by atoms with E-state index >= 15 is 0 Å². The van der Waals surface area contributed by atoms with Crippen molar-refractivity contribution in [3.63, 3.8) is 0 Å². The lowest BCUT2D eigenvalue weighted by Crippen LogP contribution is -2.43. The van der Waals surface area contributed by atoms with Gasteiger partial charge in [0.2, 0.25) is 0 Å². The van der Waals surface area contributed by atoms with Crippen LogP contribution in [0.1, 0.15) is 20.3 Å². The highest BCUT2D eigenvalue weighted by Gasteiger charge is 2.24. The molecule has 1 aliphatic heterocycles. The lowest BCUT2D eigenvalue weighted by atomic mass is 10.2. The molecule has 1 fully saturated rings. The third-order valence-corrected chi connectivity index (χ3v) is 3.32. The first-order valence-electron chi connectivity index (χ1n) is 4.69. The maximum Gasteiger partial charge on any atom is 0.251 e. The Labute approximate surface area is 83.5 Å². The van der Waals surface area contributed by atoms with E-state index in [4.69, 9.17) is 0 Å². The molecule has 1 unspecified atom stereocenters. The molecule has 0 aliphatic carbocycles. The van der Waals surface area contributed by atoms with Crippen molar-refractivity contribution < 1.29 is 9.90 Å². The van der Waals surface area contributed by atoms with E-state index in [0.717, 1.165) is 24.5 Å². The summed E-state index contributed by atoms with van der Waals surface area (Å²) in [5, 5.41) is 9.18. The summed E-state index contributed by atoms with van der Waals surface area (Å²) in [7, 11) is 0. The van der Waals surface area contributed by atoms with Gasteiger partial charge in [0.15, 0.2) is 0 Å². The monoisotopic (exact) mass is 203 g/mol. The molecule has 1 N–H and O–H groups in total. The number of aliphatic hydroxyl groups excluding tert-OH is 1. The van der Waals surface area contributed by atoms with Crippen molar-refractivity contribution in [2.24, 2.45) is 0 Å². The van der Waals surface area contributed by atoms with Gasteiger partial charge in [0.05, 0.1) is 0 Å². The van der Waals surface area contributed by atoms with Crippen molar-refractivity contribution in [3.8, 4) is 0 Å². The Morgan fingerprint density at radius 2 is 2.31 bits per heavy atom. The highest BCUT2D eigenvalue weighted by atomic mass is 32.2. The van der Waals surface area contributed by atoms with Gasteiger partial charge in [-0.25, -0.2) is 0 Å². The topological polar surface area (TPSA) is 40.5 Å². The Hall–Kier alpha value is -0.220. The molecule has 0 aromatic heterocycles. The Balaban J connectivity index is 2.58. The Morgan fingerprint density at radius 1 is 1.62 bits per heavy atom. The SMILES string of the molecule is CC1CCSCCN1C(=O)[C@@H](C)O. The zero-order chi connectivity index (χ0) is 9.84. The number of carbonyl (C=O) groups excluding carboxylic acids is 1. The minimum absolute atomic E-state index is 0.130. The summed E-state index contributed by atoms with van der Waals surface area (Å²) >= 11 is 1.88. The Morgan fingerprint density at radius 3 is 2.92 bits per heavy atom. The van der Waals surface area contributed by atoms with Crippen molar-refractivity contribution in [1.82, 2.24) is 4.90 Å². The number of aliphatic hydroxyl groups is 1. The summed E-state index contributed by atoms with van der Waals surface area (Å²) in [6.07, 6.45) is 0.175. The first kappa shape index (κ1) is 10.9. The lowest BCUT2D eigenvalue weighted by molar-refractivity contribution is -0.141. The second kappa shape index (κ2) is 4.86. The summed E-state index contributed by atoms with van der Waals surface area (Å²) in [5.41, 5.74) is 0. The normalized spacial score (nSPS) is 26.7. The van der Waals surface area contributed by atoms with Gasteiger partial charge in [0, 0.05) is 18.3 Å². The van der Waals surface area contributed by atoms with Crippen LogP contribution in [-0.4, -0.2) is 46.1 Å². The molecule has 76 valence electrons. The summed E-state index contributed by atoms with van der Waals surface area (Å²) in [4.78, 5) is 13.3. The fourth-order valence-corrected chi connectivity index (χ4v) is 2.50. The van der Waals surface area contributed by atoms with Gasteiger partial charge in [0.1, 0.15) is 6.10 Å². The molecule has 1 aliphatic rings. The third kappa shape index (κ3) is 2.88. The maximum absolute atomic E-state index is 11.5. The molecule has 1 amide bonds. The van der Waals surface area contributed by atoms with Gasteiger partial charge in [-0.1, -0.05) is 0 Å². The predicted octanol–water partition coefficient (Wildman–Crippen LogP) is 0.721. The number of hydrogen-bond donors (Lipinski definition) is 1. The fourth-order valence-electron chi connectivity index (χ4n) is 1.46. The molecule has 3 nitrogen and oxygen atoms in total. The highest BCUT2D eigenvalue weighted by molar-refractivity contribution is 7.99. The third-order valence-electron chi connectivity index (χ3n) is 2.33. The molecule has 0 saturated carbocycles. The molecule has 0 aromatic carbocycles. The van der Waals surface area contributed by atoms with Crippen LogP contribution in [0.15, 0.2) is 0 Å². The minimum atomic E-state index is -0.856. The molecular formula is C9H17NO2S. The molecule has 0 radical (unpaired) electrons. The van der Waals surface area contributed by atoms with Crippen LogP contribution in [0.2, 0.25) is 0 Å². The minimum Gasteiger partial charge on any atom is -0.384 e. The second-order valence-corrected chi connectivity index (χ2v) is 4.68. The molecular weight excluding hydrogens is 186 g/mol. The average Bonchev–Trinajstić information content (AvgIpc) is 2.28. The number of hydrogen-bond acceptors (Lipinski definition) is 3. The zero-order valence-electron chi connectivity index (χ0n) is 8.19. The molecule has 1 heterocycles. The number of thioether (sulfide) groups is 1. The fraction of sp³-hybridized carbons (Fsp3) is 0.889. The van der Waals surface area contributed by atoms with Gasteiger partial charge in [-0.05, 0) is 26.0 Å². The van der Waals surface area contributed by atoms with E-state index in [9.17, 15) is 9.90 Å². The summed E-state index contributed by atoms with van der Waals surface area (Å²) < 4.78 is 0. The van der Waals surface area contributed by atoms with Crippen LogP contribution in [-0.2, 0) is 4.79 Å². The number of carbonyl (C=O) groups is 1. The smallest absolute Gasteiger partial charge is 0.251 e. The molecule has 0 aromatic rings. The van der Waals surface area contributed by atoms with Crippen LogP contribution < -0.4 is 0 Å². The molecule has 0 bridgehead atoms. The first-order chi connectivity index (χ1) is 6.13. The van der Waals surface area contributed by atoms with E-state index in [1.807, 2.05) is 18.7 Å². The number of rotatable bonds is 1. The molecule has 1 saturated heterocycles. The zero-order valence-corrected chi connectivity index (χ0v) is 9.01. The quantitative estimate of drug-likeness (QED) is 0.682. The van der Waals surface area contributed by atoms with E-state index in [2.05, 4.69) is 0 Å². The average molecular weight is 203 g/mol. The summed E-state index contributed by atoms with van der Waals surface area (Å²) in [6.45, 7) is 4.36. The van der Waals surface area contributed by atoms with Crippen molar-refractivity contribution in [3.05, 3.63) is 0 Å². The van der Waals surface area contributed by atoms with Gasteiger partial charge >= 0.3 is 0 Å². The molecule has 4 heteroatoms. The summed E-state index contributed by atoms with van der Waals surface area (Å²) in [5.74, 6) is 1.98. The Kier molecular flexibility index (Phi) is 4.06. The van der Waals surface area contributed by atoms with Crippen LogP contribution in [0.5, 0.6) is 0 Å². The van der Waals surface area contributed by atoms with Crippen molar-refractivity contribution in [1.29, 1.82) is 0 Å². The van der Waals surface area contributed by atoms with E-state index in [-0.39, 0.29) is 11.9 Å². The van der Waals surface area contributed by atoms with Gasteiger partial charge in [-0.15, -0.1) is 0 Å². The van der Waals surface area contributed by atoms with Crippen molar-refractivity contribution >= 4 is 17.7 Å². The summed E-state index contributed by atoms with van der Waals surface area (Å²) in [6, 6.07) is 0.275. The predicted molar refractivity (Wildman–Crippen MR) is 54.8 cm³/mol. The van der Waals surface area contributed by atoms with E-state index in [1.54, 1.807) is 4.90 Å². The van der Waals surface area contributed by atoms with Crippen LogP contribution in [0.25, 0.3) is 0 Å². The second-order valence-electron chi connectivity index (χ2n) is 3.46. The molecule has 13 heavy (non-hydrogen) atoms. The van der Waals surface area contributed by atoms with Gasteiger partial charge in [0.25, 0.3) is 5.91 Å². The number of nitrogens with zero attached hydrogens (tertiary/aromatic N) is 1. The number of amides is 1.